The van der Waals surface area contributed by atoms with E-state index in [4.69, 9.17) is 4.74 Å². The number of aldehydes is 1. The van der Waals surface area contributed by atoms with Gasteiger partial charge in [-0.3, -0.25) is 14.5 Å². The second-order valence-corrected chi connectivity index (χ2v) is 9.96. The van der Waals surface area contributed by atoms with Crippen LogP contribution in [0.15, 0.2) is 30.3 Å². The Morgan fingerprint density at radius 1 is 1.19 bits per heavy atom. The lowest BCUT2D eigenvalue weighted by atomic mass is 9.86. The highest BCUT2D eigenvalue weighted by Gasteiger charge is 2.49. The van der Waals surface area contributed by atoms with E-state index >= 15 is 0 Å². The number of rotatable bonds is 10. The van der Waals surface area contributed by atoms with Crippen LogP contribution in [0.5, 0.6) is 0 Å². The van der Waals surface area contributed by atoms with Crippen LogP contribution < -0.4 is 5.32 Å². The molecule has 1 aromatic carbocycles. The van der Waals surface area contributed by atoms with Crippen LogP contribution in [0, 0.1) is 11.8 Å². The summed E-state index contributed by atoms with van der Waals surface area (Å²) in [4.78, 5) is 39.6. The van der Waals surface area contributed by atoms with E-state index in [1.54, 1.807) is 0 Å². The number of nitrogens with zero attached hydrogens (tertiary/aromatic N) is 1. The van der Waals surface area contributed by atoms with Crippen LogP contribution in [0.4, 0.5) is 0 Å². The van der Waals surface area contributed by atoms with Gasteiger partial charge in [0.25, 0.3) is 0 Å². The van der Waals surface area contributed by atoms with Crippen molar-refractivity contribution in [3.05, 3.63) is 35.9 Å². The van der Waals surface area contributed by atoms with Gasteiger partial charge in [0.2, 0.25) is 5.91 Å². The molecule has 1 aromatic rings. The Bertz CT molecular complexity index is 755. The summed E-state index contributed by atoms with van der Waals surface area (Å²) in [5, 5.41) is 3.12. The van der Waals surface area contributed by atoms with Gasteiger partial charge in [-0.05, 0) is 45.1 Å². The molecule has 4 atom stereocenters. The Morgan fingerprint density at radius 2 is 1.81 bits per heavy atom. The number of benzene rings is 1. The third kappa shape index (κ3) is 7.16. The Hall–Kier alpha value is -2.21. The van der Waals surface area contributed by atoms with Crippen LogP contribution in [-0.2, 0) is 25.7 Å². The Balaban J connectivity index is 2.46. The van der Waals surface area contributed by atoms with Gasteiger partial charge in [-0.15, -0.1) is 0 Å². The first kappa shape index (κ1) is 26.0. The lowest BCUT2D eigenvalue weighted by molar-refractivity contribution is -0.161. The highest BCUT2D eigenvalue weighted by molar-refractivity contribution is 5.78. The van der Waals surface area contributed by atoms with Gasteiger partial charge in [0.1, 0.15) is 17.9 Å². The fourth-order valence-corrected chi connectivity index (χ4v) is 4.79. The molecule has 178 valence electrons. The van der Waals surface area contributed by atoms with Crippen molar-refractivity contribution in [2.45, 2.75) is 97.5 Å². The summed E-state index contributed by atoms with van der Waals surface area (Å²) in [5.41, 5.74) is 0.443. The maximum atomic E-state index is 13.2. The largest absolute Gasteiger partial charge is 0.459 e. The van der Waals surface area contributed by atoms with Crippen molar-refractivity contribution in [1.82, 2.24) is 10.2 Å². The van der Waals surface area contributed by atoms with Gasteiger partial charge in [-0.2, -0.15) is 0 Å². The van der Waals surface area contributed by atoms with Crippen LogP contribution in [0.3, 0.4) is 0 Å². The molecule has 1 aliphatic rings. The quantitative estimate of drug-likeness (QED) is 0.434. The minimum atomic E-state index is -0.614. The zero-order chi connectivity index (χ0) is 23.9. The number of likely N-dealkylation sites (tertiary alicyclic amines) is 1. The first-order chi connectivity index (χ1) is 15.1. The molecule has 0 aliphatic carbocycles. The molecule has 6 heteroatoms. The van der Waals surface area contributed by atoms with Crippen LogP contribution in [-0.4, -0.2) is 46.8 Å². The van der Waals surface area contributed by atoms with Gasteiger partial charge in [0, 0.05) is 31.5 Å². The molecule has 1 amide bonds. The summed E-state index contributed by atoms with van der Waals surface area (Å²) in [6.07, 6.45) is 4.12. The predicted octanol–water partition coefficient (Wildman–Crippen LogP) is 4.12. The molecular weight excluding hydrogens is 404 g/mol. The zero-order valence-electron chi connectivity index (χ0n) is 20.5. The van der Waals surface area contributed by atoms with E-state index in [0.29, 0.717) is 18.9 Å². The van der Waals surface area contributed by atoms with E-state index in [0.717, 1.165) is 31.1 Å². The van der Waals surface area contributed by atoms with Gasteiger partial charge in [0.05, 0.1) is 0 Å². The van der Waals surface area contributed by atoms with Crippen molar-refractivity contribution in [3.63, 3.8) is 0 Å². The Labute approximate surface area is 193 Å². The van der Waals surface area contributed by atoms with Gasteiger partial charge in [-0.25, -0.2) is 0 Å². The van der Waals surface area contributed by atoms with E-state index in [1.807, 2.05) is 51.1 Å². The summed E-state index contributed by atoms with van der Waals surface area (Å²) < 4.78 is 5.73. The number of hydrogen-bond acceptors (Lipinski definition) is 5. The summed E-state index contributed by atoms with van der Waals surface area (Å²) in [7, 11) is 0. The molecule has 1 aliphatic heterocycles. The van der Waals surface area contributed by atoms with Crippen LogP contribution in [0.2, 0.25) is 0 Å². The van der Waals surface area contributed by atoms with Crippen molar-refractivity contribution in [2.24, 2.45) is 11.8 Å². The Kier molecular flexibility index (Phi) is 9.44. The molecule has 32 heavy (non-hydrogen) atoms. The molecule has 6 nitrogen and oxygen atoms in total. The molecule has 1 fully saturated rings. The summed E-state index contributed by atoms with van der Waals surface area (Å²) in [5.74, 6) is -0.362. The van der Waals surface area contributed by atoms with Crippen molar-refractivity contribution >= 4 is 18.2 Å². The van der Waals surface area contributed by atoms with Crippen molar-refractivity contribution in [3.8, 4) is 0 Å². The summed E-state index contributed by atoms with van der Waals surface area (Å²) >= 11 is 0. The third-order valence-corrected chi connectivity index (χ3v) is 6.32. The monoisotopic (exact) mass is 444 g/mol. The predicted molar refractivity (Wildman–Crippen MR) is 126 cm³/mol. The van der Waals surface area contributed by atoms with Gasteiger partial charge in [-0.1, -0.05) is 57.0 Å². The van der Waals surface area contributed by atoms with Crippen molar-refractivity contribution in [1.29, 1.82) is 0 Å². The molecule has 0 saturated carbocycles. The van der Waals surface area contributed by atoms with E-state index in [2.05, 4.69) is 24.1 Å². The first-order valence-corrected chi connectivity index (χ1v) is 11.8. The number of esters is 1. The highest BCUT2D eigenvalue weighted by atomic mass is 16.6. The number of carbonyl (C=O) groups excluding carboxylic acids is 3. The normalized spacial score (nSPS) is 22.5. The van der Waals surface area contributed by atoms with E-state index in [1.165, 1.54) is 6.92 Å². The third-order valence-electron chi connectivity index (χ3n) is 6.32. The van der Waals surface area contributed by atoms with Crippen LogP contribution >= 0.6 is 0 Å². The summed E-state index contributed by atoms with van der Waals surface area (Å²) in [6.45, 7) is 11.9. The SMILES string of the molecule is CCC(CC)C[C@H](NC(C)=O)[C@H]1[C@H](C=O)CC(C(=O)OC(C)(C)C)N1Cc1ccccc1. The van der Waals surface area contributed by atoms with Gasteiger partial charge < -0.3 is 14.8 Å². The summed E-state index contributed by atoms with van der Waals surface area (Å²) in [6, 6.07) is 8.91. The van der Waals surface area contributed by atoms with E-state index in [9.17, 15) is 14.4 Å². The molecular formula is C26H40N2O4. The maximum absolute atomic E-state index is 13.2. The van der Waals surface area contributed by atoms with Crippen LogP contribution in [0.1, 0.15) is 72.8 Å². The molecule has 1 N–H and O–H groups in total. The molecule has 2 rings (SSSR count). The number of nitrogens with one attached hydrogen (secondary N) is 1. The van der Waals surface area contributed by atoms with Crippen molar-refractivity contribution < 1.29 is 19.1 Å². The second kappa shape index (κ2) is 11.6. The molecule has 1 heterocycles. The van der Waals surface area contributed by atoms with E-state index < -0.39 is 11.6 Å². The second-order valence-electron chi connectivity index (χ2n) is 9.96. The molecule has 1 unspecified atom stereocenters. The molecule has 0 aromatic heterocycles. The Morgan fingerprint density at radius 3 is 2.31 bits per heavy atom. The van der Waals surface area contributed by atoms with Crippen LogP contribution in [0.25, 0.3) is 0 Å². The van der Waals surface area contributed by atoms with Gasteiger partial charge >= 0.3 is 5.97 Å². The number of carbonyl (C=O) groups is 3. The number of amides is 1. The molecule has 0 spiro atoms. The fraction of sp³-hybridized carbons (Fsp3) is 0.654. The average molecular weight is 445 g/mol. The standard InChI is InChI=1S/C26H40N2O4/c1-7-19(8-2)14-22(27-18(3)30)24-21(17-29)15-23(25(31)32-26(4,5)6)28(24)16-20-12-10-9-11-13-20/h9-13,17,19,21-24H,7-8,14-16H2,1-6H3,(H,27,30)/t21-,22-,23?,24+/m0/s1. The minimum Gasteiger partial charge on any atom is -0.459 e. The first-order valence-electron chi connectivity index (χ1n) is 11.8. The van der Waals surface area contributed by atoms with E-state index in [-0.39, 0.29) is 29.9 Å². The zero-order valence-corrected chi connectivity index (χ0v) is 20.5. The smallest absolute Gasteiger partial charge is 0.323 e. The van der Waals surface area contributed by atoms with Crippen molar-refractivity contribution in [2.75, 3.05) is 0 Å². The lowest BCUT2D eigenvalue weighted by Crippen LogP contribution is -2.54. The molecule has 0 bridgehead atoms. The number of ether oxygens (including phenoxy) is 1. The molecule has 0 radical (unpaired) electrons. The molecule has 1 saturated heterocycles. The highest BCUT2D eigenvalue weighted by Crippen LogP contribution is 2.36. The number of hydrogen-bond donors (Lipinski definition) is 1. The topological polar surface area (TPSA) is 75.7 Å². The maximum Gasteiger partial charge on any atom is 0.323 e. The van der Waals surface area contributed by atoms with Gasteiger partial charge in [0.15, 0.2) is 0 Å². The minimum absolute atomic E-state index is 0.119. The average Bonchev–Trinajstić information content (AvgIpc) is 3.08. The lowest BCUT2D eigenvalue weighted by Gasteiger charge is -2.37. The fourth-order valence-electron chi connectivity index (χ4n) is 4.79.